The Kier molecular flexibility index (Phi) is 3.86. The molecule has 0 spiro atoms. The fraction of sp³-hybridized carbons (Fsp3) is 0.538. The molecule has 0 amide bonds. The standard InChI is InChI=1S/C13H20FN/c1-5-15-12(13(2,3)4)10-8-6-7-9-11(10)14/h6-9,12,15H,5H2,1-4H3. The van der Waals surface area contributed by atoms with Gasteiger partial charge in [-0.3, -0.25) is 0 Å². The molecule has 0 heterocycles. The Morgan fingerprint density at radius 1 is 1.27 bits per heavy atom. The zero-order valence-electron chi connectivity index (χ0n) is 9.97. The molecule has 2 heteroatoms. The van der Waals surface area contributed by atoms with E-state index < -0.39 is 0 Å². The lowest BCUT2D eigenvalue weighted by molar-refractivity contribution is 0.270. The van der Waals surface area contributed by atoms with E-state index in [9.17, 15) is 4.39 Å². The van der Waals surface area contributed by atoms with Crippen LogP contribution in [0.1, 0.15) is 39.3 Å². The molecule has 0 aliphatic heterocycles. The fourth-order valence-electron chi connectivity index (χ4n) is 1.80. The summed E-state index contributed by atoms with van der Waals surface area (Å²) in [5.74, 6) is -0.127. The van der Waals surface area contributed by atoms with Crippen LogP contribution in [0.25, 0.3) is 0 Å². The van der Waals surface area contributed by atoms with Crippen molar-refractivity contribution >= 4 is 0 Å². The quantitative estimate of drug-likeness (QED) is 0.803. The van der Waals surface area contributed by atoms with Crippen LogP contribution in [-0.4, -0.2) is 6.54 Å². The zero-order valence-corrected chi connectivity index (χ0v) is 9.97. The lowest BCUT2D eigenvalue weighted by Gasteiger charge is -2.32. The van der Waals surface area contributed by atoms with Crippen molar-refractivity contribution in [2.75, 3.05) is 6.54 Å². The van der Waals surface area contributed by atoms with Crippen LogP contribution in [0, 0.1) is 11.2 Å². The third-order valence-corrected chi connectivity index (χ3v) is 2.49. The summed E-state index contributed by atoms with van der Waals surface area (Å²) < 4.78 is 13.7. The van der Waals surface area contributed by atoms with E-state index in [-0.39, 0.29) is 17.3 Å². The lowest BCUT2D eigenvalue weighted by atomic mass is 9.82. The highest BCUT2D eigenvalue weighted by atomic mass is 19.1. The van der Waals surface area contributed by atoms with Gasteiger partial charge in [-0.15, -0.1) is 0 Å². The lowest BCUT2D eigenvalue weighted by Crippen LogP contribution is -2.32. The number of rotatable bonds is 3. The summed E-state index contributed by atoms with van der Waals surface area (Å²) >= 11 is 0. The van der Waals surface area contributed by atoms with Crippen LogP contribution in [0.15, 0.2) is 24.3 Å². The minimum atomic E-state index is -0.127. The monoisotopic (exact) mass is 209 g/mol. The van der Waals surface area contributed by atoms with E-state index in [2.05, 4.69) is 26.1 Å². The Bertz CT molecular complexity index is 315. The van der Waals surface area contributed by atoms with Gasteiger partial charge in [-0.25, -0.2) is 4.39 Å². The molecule has 1 aromatic rings. The van der Waals surface area contributed by atoms with E-state index in [0.717, 1.165) is 12.1 Å². The Hall–Kier alpha value is -0.890. The van der Waals surface area contributed by atoms with Crippen molar-refractivity contribution in [3.05, 3.63) is 35.6 Å². The predicted molar refractivity (Wildman–Crippen MR) is 62.3 cm³/mol. The summed E-state index contributed by atoms with van der Waals surface area (Å²) in [6.07, 6.45) is 0. The van der Waals surface area contributed by atoms with Gasteiger partial charge in [-0.1, -0.05) is 45.9 Å². The van der Waals surface area contributed by atoms with E-state index in [0.29, 0.717) is 0 Å². The summed E-state index contributed by atoms with van der Waals surface area (Å²) in [6, 6.07) is 7.04. The van der Waals surface area contributed by atoms with Gasteiger partial charge < -0.3 is 5.32 Å². The van der Waals surface area contributed by atoms with E-state index in [1.54, 1.807) is 6.07 Å². The first-order chi connectivity index (χ1) is 6.96. The highest BCUT2D eigenvalue weighted by Gasteiger charge is 2.27. The van der Waals surface area contributed by atoms with E-state index in [1.807, 2.05) is 19.1 Å². The Morgan fingerprint density at radius 3 is 2.33 bits per heavy atom. The van der Waals surface area contributed by atoms with Crippen LogP contribution in [0.5, 0.6) is 0 Å². The second-order valence-electron chi connectivity index (χ2n) is 4.88. The number of hydrogen-bond acceptors (Lipinski definition) is 1. The molecule has 0 fully saturated rings. The molecule has 1 nitrogen and oxygen atoms in total. The molecule has 1 aromatic carbocycles. The van der Waals surface area contributed by atoms with Gasteiger partial charge in [0, 0.05) is 11.6 Å². The summed E-state index contributed by atoms with van der Waals surface area (Å²) in [5.41, 5.74) is 0.768. The minimum Gasteiger partial charge on any atom is -0.310 e. The molecule has 0 saturated heterocycles. The smallest absolute Gasteiger partial charge is 0.127 e. The molecular weight excluding hydrogens is 189 g/mol. The normalized spacial score (nSPS) is 13.9. The van der Waals surface area contributed by atoms with Gasteiger partial charge in [0.1, 0.15) is 5.82 Å². The first-order valence-corrected chi connectivity index (χ1v) is 5.44. The van der Waals surface area contributed by atoms with Gasteiger partial charge in [0.05, 0.1) is 0 Å². The Balaban J connectivity index is 3.05. The van der Waals surface area contributed by atoms with Crippen LogP contribution in [0.2, 0.25) is 0 Å². The maximum absolute atomic E-state index is 13.7. The number of benzene rings is 1. The van der Waals surface area contributed by atoms with Gasteiger partial charge in [0.2, 0.25) is 0 Å². The third-order valence-electron chi connectivity index (χ3n) is 2.49. The highest BCUT2D eigenvalue weighted by molar-refractivity contribution is 5.22. The maximum atomic E-state index is 13.7. The minimum absolute atomic E-state index is 0.0121. The fourth-order valence-corrected chi connectivity index (χ4v) is 1.80. The SMILES string of the molecule is CCNC(c1ccccc1F)C(C)(C)C. The predicted octanol–water partition coefficient (Wildman–Crippen LogP) is 3.52. The first-order valence-electron chi connectivity index (χ1n) is 5.44. The van der Waals surface area contributed by atoms with Gasteiger partial charge in [0.15, 0.2) is 0 Å². The van der Waals surface area contributed by atoms with E-state index in [1.165, 1.54) is 6.07 Å². The topological polar surface area (TPSA) is 12.0 Å². The van der Waals surface area contributed by atoms with Crippen molar-refractivity contribution in [1.29, 1.82) is 0 Å². The second kappa shape index (κ2) is 4.75. The summed E-state index contributed by atoms with van der Waals surface area (Å²) in [6.45, 7) is 9.24. The molecule has 0 radical (unpaired) electrons. The summed E-state index contributed by atoms with van der Waals surface area (Å²) in [7, 11) is 0. The first kappa shape index (κ1) is 12.2. The zero-order chi connectivity index (χ0) is 11.5. The molecular formula is C13H20FN. The molecule has 0 aliphatic rings. The van der Waals surface area contributed by atoms with Crippen LogP contribution >= 0.6 is 0 Å². The molecule has 15 heavy (non-hydrogen) atoms. The van der Waals surface area contributed by atoms with Gasteiger partial charge in [-0.2, -0.15) is 0 Å². The van der Waals surface area contributed by atoms with Gasteiger partial charge in [-0.05, 0) is 18.0 Å². The number of nitrogens with one attached hydrogen (secondary N) is 1. The summed E-state index contributed by atoms with van der Waals surface area (Å²) in [5, 5.41) is 3.34. The van der Waals surface area contributed by atoms with Crippen molar-refractivity contribution in [3.8, 4) is 0 Å². The van der Waals surface area contributed by atoms with Crippen molar-refractivity contribution < 1.29 is 4.39 Å². The molecule has 1 atom stereocenters. The van der Waals surface area contributed by atoms with Crippen LogP contribution < -0.4 is 5.32 Å². The number of hydrogen-bond donors (Lipinski definition) is 1. The van der Waals surface area contributed by atoms with Crippen LogP contribution in [0.3, 0.4) is 0 Å². The Morgan fingerprint density at radius 2 is 1.87 bits per heavy atom. The van der Waals surface area contributed by atoms with E-state index >= 15 is 0 Å². The molecule has 84 valence electrons. The number of halogens is 1. The van der Waals surface area contributed by atoms with Crippen molar-refractivity contribution in [2.24, 2.45) is 5.41 Å². The van der Waals surface area contributed by atoms with Crippen molar-refractivity contribution in [2.45, 2.75) is 33.7 Å². The third kappa shape index (κ3) is 3.03. The van der Waals surface area contributed by atoms with Crippen LogP contribution in [-0.2, 0) is 0 Å². The van der Waals surface area contributed by atoms with Crippen LogP contribution in [0.4, 0.5) is 4.39 Å². The average Bonchev–Trinajstić information content (AvgIpc) is 2.14. The average molecular weight is 209 g/mol. The Labute approximate surface area is 91.7 Å². The largest absolute Gasteiger partial charge is 0.310 e. The maximum Gasteiger partial charge on any atom is 0.127 e. The molecule has 0 aliphatic carbocycles. The van der Waals surface area contributed by atoms with Crippen molar-refractivity contribution in [1.82, 2.24) is 5.32 Å². The molecule has 0 aromatic heterocycles. The van der Waals surface area contributed by atoms with Gasteiger partial charge >= 0.3 is 0 Å². The van der Waals surface area contributed by atoms with Gasteiger partial charge in [0.25, 0.3) is 0 Å². The molecule has 0 bridgehead atoms. The highest BCUT2D eigenvalue weighted by Crippen LogP contribution is 2.33. The van der Waals surface area contributed by atoms with Crippen molar-refractivity contribution in [3.63, 3.8) is 0 Å². The molecule has 1 N–H and O–H groups in total. The molecule has 0 saturated carbocycles. The molecule has 1 rings (SSSR count). The summed E-state index contributed by atoms with van der Waals surface area (Å²) in [4.78, 5) is 0. The van der Waals surface area contributed by atoms with E-state index in [4.69, 9.17) is 0 Å². The second-order valence-corrected chi connectivity index (χ2v) is 4.88. The molecule has 1 unspecified atom stereocenters.